The summed E-state index contributed by atoms with van der Waals surface area (Å²) >= 11 is 0. The maximum Gasteiger partial charge on any atom is 0.227 e. The predicted molar refractivity (Wildman–Crippen MR) is 96.0 cm³/mol. The van der Waals surface area contributed by atoms with Crippen LogP contribution in [-0.2, 0) is 10.2 Å². The monoisotopic (exact) mass is 320 g/mol. The van der Waals surface area contributed by atoms with Gasteiger partial charge < -0.3 is 10.5 Å². The van der Waals surface area contributed by atoms with Crippen molar-refractivity contribution in [2.45, 2.75) is 19.3 Å². The molecule has 0 radical (unpaired) electrons. The highest BCUT2D eigenvalue weighted by molar-refractivity contribution is 5.87. The third-order valence-corrected chi connectivity index (χ3v) is 4.42. The van der Waals surface area contributed by atoms with Crippen LogP contribution in [0.2, 0.25) is 0 Å². The molecule has 4 heteroatoms. The van der Waals surface area contributed by atoms with Crippen LogP contribution in [0.4, 0.5) is 0 Å². The van der Waals surface area contributed by atoms with Crippen LogP contribution in [0.5, 0.6) is 5.88 Å². The van der Waals surface area contributed by atoms with Crippen molar-refractivity contribution in [2.24, 2.45) is 5.73 Å². The summed E-state index contributed by atoms with van der Waals surface area (Å²) in [7, 11) is 1.62. The summed E-state index contributed by atoms with van der Waals surface area (Å²) in [6.07, 6.45) is 0. The van der Waals surface area contributed by atoms with Crippen molar-refractivity contribution in [1.82, 2.24) is 4.98 Å². The van der Waals surface area contributed by atoms with E-state index in [1.54, 1.807) is 7.11 Å². The number of carbonyl (C=O) groups excluding carboxylic acids is 1. The van der Waals surface area contributed by atoms with Crippen LogP contribution in [0.25, 0.3) is 22.0 Å². The molecule has 1 heterocycles. The molecule has 3 aromatic rings. The molecular formula is C20H20N2O2. The number of methoxy groups -OCH3 is 1. The minimum absolute atomic E-state index is 0.347. The summed E-state index contributed by atoms with van der Waals surface area (Å²) < 4.78 is 5.46. The van der Waals surface area contributed by atoms with Crippen molar-refractivity contribution in [3.05, 3.63) is 60.2 Å². The number of nitrogens with two attached hydrogens (primary N) is 1. The standard InChI is InChI=1S/C20H20N2O2/c1-20(2,19(21)23)15-10-8-13(9-11-15)16-12-14-6-4-5-7-17(14)22-18(16)24-3/h4-12H,1-3H3,(H2,21,23). The number of aromatic nitrogens is 1. The van der Waals surface area contributed by atoms with Crippen molar-refractivity contribution in [3.63, 3.8) is 0 Å². The average Bonchev–Trinajstić information content (AvgIpc) is 2.60. The molecule has 0 fully saturated rings. The Kier molecular flexibility index (Phi) is 3.97. The van der Waals surface area contributed by atoms with Crippen LogP contribution in [0.3, 0.4) is 0 Å². The molecule has 0 saturated carbocycles. The Morgan fingerprint density at radius 3 is 2.38 bits per heavy atom. The number of hydrogen-bond acceptors (Lipinski definition) is 3. The molecule has 2 N–H and O–H groups in total. The Balaban J connectivity index is 2.09. The Labute approximate surface area is 141 Å². The molecule has 0 unspecified atom stereocenters. The predicted octanol–water partition coefficient (Wildman–Crippen LogP) is 3.67. The zero-order chi connectivity index (χ0) is 17.3. The number of nitrogens with zero attached hydrogens (tertiary/aromatic N) is 1. The maximum atomic E-state index is 11.6. The fraction of sp³-hybridized carbons (Fsp3) is 0.200. The average molecular weight is 320 g/mol. The molecule has 2 aromatic carbocycles. The number of fused-ring (bicyclic) bond motifs is 1. The minimum atomic E-state index is -0.704. The number of pyridine rings is 1. The lowest BCUT2D eigenvalue weighted by atomic mass is 9.83. The summed E-state index contributed by atoms with van der Waals surface area (Å²) in [5.74, 6) is 0.232. The molecule has 1 aromatic heterocycles. The van der Waals surface area contributed by atoms with Crippen LogP contribution in [0.15, 0.2) is 54.6 Å². The van der Waals surface area contributed by atoms with Crippen molar-refractivity contribution in [2.75, 3.05) is 7.11 Å². The summed E-state index contributed by atoms with van der Waals surface area (Å²) in [5.41, 5.74) is 8.46. The first-order valence-electron chi connectivity index (χ1n) is 7.78. The molecule has 1 amide bonds. The molecule has 4 nitrogen and oxygen atoms in total. The highest BCUT2D eigenvalue weighted by Gasteiger charge is 2.27. The van der Waals surface area contributed by atoms with E-state index in [1.165, 1.54) is 0 Å². The summed E-state index contributed by atoms with van der Waals surface area (Å²) in [6, 6.07) is 17.8. The van der Waals surface area contributed by atoms with Crippen LogP contribution in [0.1, 0.15) is 19.4 Å². The lowest BCUT2D eigenvalue weighted by Crippen LogP contribution is -2.35. The second kappa shape index (κ2) is 5.96. The van der Waals surface area contributed by atoms with Gasteiger partial charge in [-0.25, -0.2) is 4.98 Å². The summed E-state index contributed by atoms with van der Waals surface area (Å²) in [6.45, 7) is 3.64. The fourth-order valence-corrected chi connectivity index (χ4v) is 2.67. The number of primary amides is 1. The zero-order valence-corrected chi connectivity index (χ0v) is 14.0. The molecule has 24 heavy (non-hydrogen) atoms. The number of amides is 1. The molecule has 0 bridgehead atoms. The normalized spacial score (nSPS) is 11.5. The van der Waals surface area contributed by atoms with Crippen LogP contribution >= 0.6 is 0 Å². The van der Waals surface area contributed by atoms with Crippen molar-refractivity contribution in [3.8, 4) is 17.0 Å². The first-order chi connectivity index (χ1) is 11.4. The largest absolute Gasteiger partial charge is 0.481 e. The summed E-state index contributed by atoms with van der Waals surface area (Å²) in [5, 5.41) is 1.05. The summed E-state index contributed by atoms with van der Waals surface area (Å²) in [4.78, 5) is 16.2. The van der Waals surface area contributed by atoms with Crippen LogP contribution in [0, 0.1) is 0 Å². The Morgan fingerprint density at radius 2 is 1.75 bits per heavy atom. The smallest absolute Gasteiger partial charge is 0.227 e. The minimum Gasteiger partial charge on any atom is -0.481 e. The fourth-order valence-electron chi connectivity index (χ4n) is 2.67. The number of rotatable bonds is 4. The molecular weight excluding hydrogens is 300 g/mol. The first kappa shape index (κ1) is 16.0. The molecule has 3 rings (SSSR count). The highest BCUT2D eigenvalue weighted by atomic mass is 16.5. The van der Waals surface area contributed by atoms with E-state index in [9.17, 15) is 4.79 Å². The number of hydrogen-bond donors (Lipinski definition) is 1. The van der Waals surface area contributed by atoms with E-state index in [4.69, 9.17) is 10.5 Å². The van der Waals surface area contributed by atoms with Gasteiger partial charge in [0.15, 0.2) is 0 Å². The van der Waals surface area contributed by atoms with Gasteiger partial charge in [-0.1, -0.05) is 42.5 Å². The van der Waals surface area contributed by atoms with Gasteiger partial charge in [-0.3, -0.25) is 4.79 Å². The highest BCUT2D eigenvalue weighted by Crippen LogP contribution is 2.33. The van der Waals surface area contributed by atoms with Crippen molar-refractivity contribution >= 4 is 16.8 Å². The number of ether oxygens (including phenoxy) is 1. The second-order valence-electron chi connectivity index (χ2n) is 6.30. The van der Waals surface area contributed by atoms with Crippen molar-refractivity contribution < 1.29 is 9.53 Å². The van der Waals surface area contributed by atoms with E-state index in [1.807, 2.05) is 62.4 Å². The Hall–Kier alpha value is -2.88. The van der Waals surface area contributed by atoms with E-state index in [0.29, 0.717) is 5.88 Å². The molecule has 0 aliphatic heterocycles. The van der Waals surface area contributed by atoms with Gasteiger partial charge in [0.1, 0.15) is 0 Å². The van der Waals surface area contributed by atoms with E-state index in [2.05, 4.69) is 11.1 Å². The van der Waals surface area contributed by atoms with Gasteiger partial charge in [-0.05, 0) is 37.1 Å². The van der Waals surface area contributed by atoms with Gasteiger partial charge >= 0.3 is 0 Å². The van der Waals surface area contributed by atoms with Crippen LogP contribution < -0.4 is 10.5 Å². The Bertz CT molecular complexity index is 899. The third kappa shape index (κ3) is 2.71. The molecule has 0 saturated heterocycles. The first-order valence-corrected chi connectivity index (χ1v) is 7.78. The zero-order valence-electron chi connectivity index (χ0n) is 14.0. The van der Waals surface area contributed by atoms with E-state index >= 15 is 0 Å². The van der Waals surface area contributed by atoms with Gasteiger partial charge in [-0.15, -0.1) is 0 Å². The van der Waals surface area contributed by atoms with Gasteiger partial charge in [0.2, 0.25) is 11.8 Å². The van der Waals surface area contributed by atoms with Gasteiger partial charge in [0.05, 0.1) is 18.0 Å². The molecule has 122 valence electrons. The quantitative estimate of drug-likeness (QED) is 0.797. The molecule has 0 aliphatic rings. The maximum absolute atomic E-state index is 11.6. The molecule has 0 spiro atoms. The van der Waals surface area contributed by atoms with Gasteiger partial charge in [0, 0.05) is 10.9 Å². The van der Waals surface area contributed by atoms with E-state index < -0.39 is 5.41 Å². The van der Waals surface area contributed by atoms with E-state index in [0.717, 1.165) is 27.6 Å². The molecule has 0 aliphatic carbocycles. The number of para-hydroxylation sites is 1. The van der Waals surface area contributed by atoms with E-state index in [-0.39, 0.29) is 5.91 Å². The van der Waals surface area contributed by atoms with Crippen LogP contribution in [-0.4, -0.2) is 18.0 Å². The second-order valence-corrected chi connectivity index (χ2v) is 6.30. The Morgan fingerprint density at radius 1 is 1.08 bits per heavy atom. The third-order valence-electron chi connectivity index (χ3n) is 4.42. The SMILES string of the molecule is COc1nc2ccccc2cc1-c1ccc(C(C)(C)C(N)=O)cc1. The van der Waals surface area contributed by atoms with Crippen molar-refractivity contribution in [1.29, 1.82) is 0 Å². The van der Waals surface area contributed by atoms with Gasteiger partial charge in [0.25, 0.3) is 0 Å². The lowest BCUT2D eigenvalue weighted by molar-refractivity contribution is -0.122. The number of benzene rings is 2. The topological polar surface area (TPSA) is 65.2 Å². The molecule has 0 atom stereocenters. The number of carbonyl (C=O) groups is 1. The lowest BCUT2D eigenvalue weighted by Gasteiger charge is -2.21. The van der Waals surface area contributed by atoms with Gasteiger partial charge in [-0.2, -0.15) is 0 Å².